The summed E-state index contributed by atoms with van der Waals surface area (Å²) in [5.41, 5.74) is 11.1. The van der Waals surface area contributed by atoms with Gasteiger partial charge in [0.1, 0.15) is 0 Å². The van der Waals surface area contributed by atoms with Crippen LogP contribution in [0.4, 0.5) is 17.1 Å². The SMILES string of the molecule is COc1c(NC(=O)c2ccc(C)c(N3C=C(c4cnc(C(C)=O)n4C)NN3)c2)cc(C2(C)CC2)cc1NS(C)(=O)=O. The molecule has 1 aromatic heterocycles. The standard InChI is InChI=1S/C28H33N7O5S/c1-16-7-8-18(11-23(16)35-15-22(31-33-35)24-14-29-26(17(2)36)34(24)4)27(37)30-20-12-19(28(3)9-10-28)13-21(25(20)40-5)32-41(6,38)39/h7-8,11-15,31-33H,9-10H2,1-6H3,(H,30,37). The van der Waals surface area contributed by atoms with Crippen LogP contribution in [0.3, 0.4) is 0 Å². The van der Waals surface area contributed by atoms with Crippen molar-refractivity contribution in [3.05, 3.63) is 70.9 Å². The molecular formula is C28H33N7O5S. The second-order valence-corrected chi connectivity index (χ2v) is 12.5. The van der Waals surface area contributed by atoms with Crippen molar-refractivity contribution in [2.24, 2.45) is 7.05 Å². The fourth-order valence-corrected chi connectivity index (χ4v) is 5.36. The first-order valence-corrected chi connectivity index (χ1v) is 14.9. The minimum atomic E-state index is -3.59. The molecule has 3 aromatic rings. The lowest BCUT2D eigenvalue weighted by Crippen LogP contribution is -2.36. The van der Waals surface area contributed by atoms with Crippen molar-refractivity contribution in [3.8, 4) is 5.75 Å². The van der Waals surface area contributed by atoms with Crippen molar-refractivity contribution in [2.75, 3.05) is 28.4 Å². The third kappa shape index (κ3) is 5.63. The van der Waals surface area contributed by atoms with Gasteiger partial charge in [-0.25, -0.2) is 13.4 Å². The Bertz CT molecular complexity index is 1710. The molecule has 0 unspecified atom stereocenters. The van der Waals surface area contributed by atoms with E-state index in [2.05, 4.69) is 32.9 Å². The van der Waals surface area contributed by atoms with Gasteiger partial charge in [0.2, 0.25) is 10.0 Å². The van der Waals surface area contributed by atoms with Crippen LogP contribution in [0.5, 0.6) is 5.75 Å². The van der Waals surface area contributed by atoms with Crippen molar-refractivity contribution < 1.29 is 22.7 Å². The quantitative estimate of drug-likeness (QED) is 0.280. The van der Waals surface area contributed by atoms with Gasteiger partial charge in [-0.3, -0.25) is 24.7 Å². The minimum Gasteiger partial charge on any atom is -0.492 e. The molecular weight excluding hydrogens is 546 g/mol. The number of imidazole rings is 1. The first-order chi connectivity index (χ1) is 19.3. The second-order valence-electron chi connectivity index (χ2n) is 10.7. The Kier molecular flexibility index (Phi) is 7.03. The average Bonchev–Trinajstić information content (AvgIpc) is 3.28. The Morgan fingerprint density at radius 2 is 1.85 bits per heavy atom. The Labute approximate surface area is 238 Å². The Morgan fingerprint density at radius 1 is 1.15 bits per heavy atom. The summed E-state index contributed by atoms with van der Waals surface area (Å²) >= 11 is 0. The molecule has 1 amide bonds. The number of aryl methyl sites for hydroxylation is 1. The molecule has 1 aliphatic heterocycles. The molecule has 2 heterocycles. The Hall–Kier alpha value is -4.36. The summed E-state index contributed by atoms with van der Waals surface area (Å²) in [6, 6.07) is 8.92. The number of carbonyl (C=O) groups excluding carboxylic acids is 2. The summed E-state index contributed by atoms with van der Waals surface area (Å²) in [5.74, 6) is 0.0515. The van der Waals surface area contributed by atoms with Crippen LogP contribution in [0.1, 0.15) is 64.5 Å². The number of anilines is 3. The molecule has 5 rings (SSSR count). The number of hydrogen-bond donors (Lipinski definition) is 4. The van der Waals surface area contributed by atoms with E-state index in [-0.39, 0.29) is 28.5 Å². The number of rotatable bonds is 9. The van der Waals surface area contributed by atoms with Crippen LogP contribution in [0.2, 0.25) is 0 Å². The molecule has 1 saturated carbocycles. The molecule has 216 valence electrons. The van der Waals surface area contributed by atoms with Crippen LogP contribution in [0, 0.1) is 6.92 Å². The maximum absolute atomic E-state index is 13.5. The summed E-state index contributed by atoms with van der Waals surface area (Å²) < 4.78 is 33.9. The van der Waals surface area contributed by atoms with Gasteiger partial charge in [-0.05, 0) is 60.6 Å². The number of ether oxygens (including phenoxy) is 1. The molecule has 2 aliphatic rings. The van der Waals surface area contributed by atoms with Crippen LogP contribution < -0.4 is 30.7 Å². The van der Waals surface area contributed by atoms with Crippen molar-refractivity contribution in [1.29, 1.82) is 0 Å². The van der Waals surface area contributed by atoms with E-state index in [1.165, 1.54) is 14.0 Å². The van der Waals surface area contributed by atoms with E-state index < -0.39 is 10.0 Å². The third-order valence-corrected chi connectivity index (χ3v) is 8.00. The van der Waals surface area contributed by atoms with E-state index in [9.17, 15) is 18.0 Å². The predicted molar refractivity (Wildman–Crippen MR) is 157 cm³/mol. The summed E-state index contributed by atoms with van der Waals surface area (Å²) in [4.78, 5) is 29.5. The van der Waals surface area contributed by atoms with E-state index >= 15 is 0 Å². The molecule has 0 bridgehead atoms. The van der Waals surface area contributed by atoms with Crippen molar-refractivity contribution in [1.82, 2.24) is 20.5 Å². The Balaban J connectivity index is 1.45. The topological polar surface area (TPSA) is 147 Å². The fraction of sp³-hybridized carbons (Fsp3) is 0.321. The summed E-state index contributed by atoms with van der Waals surface area (Å²) in [6.07, 6.45) is 6.44. The lowest BCUT2D eigenvalue weighted by molar-refractivity contribution is 0.0998. The van der Waals surface area contributed by atoms with Crippen LogP contribution in [-0.2, 0) is 22.5 Å². The molecule has 0 spiro atoms. The van der Waals surface area contributed by atoms with Gasteiger partial charge in [0.15, 0.2) is 17.4 Å². The predicted octanol–water partition coefficient (Wildman–Crippen LogP) is 3.44. The number of amides is 1. The minimum absolute atomic E-state index is 0.0891. The van der Waals surface area contributed by atoms with Crippen molar-refractivity contribution in [3.63, 3.8) is 0 Å². The van der Waals surface area contributed by atoms with Gasteiger partial charge in [0.25, 0.3) is 5.91 Å². The highest BCUT2D eigenvalue weighted by Gasteiger charge is 2.40. The number of carbonyl (C=O) groups is 2. The zero-order chi connectivity index (χ0) is 29.7. The molecule has 13 heteroatoms. The van der Waals surface area contributed by atoms with Gasteiger partial charge in [-0.1, -0.05) is 13.0 Å². The molecule has 0 saturated heterocycles. The highest BCUT2D eigenvalue weighted by atomic mass is 32.2. The lowest BCUT2D eigenvalue weighted by Gasteiger charge is -2.20. The zero-order valence-corrected chi connectivity index (χ0v) is 24.6. The van der Waals surface area contributed by atoms with E-state index in [4.69, 9.17) is 4.74 Å². The maximum Gasteiger partial charge on any atom is 0.255 e. The summed E-state index contributed by atoms with van der Waals surface area (Å²) in [7, 11) is -0.391. The number of ketones is 1. The number of nitrogens with zero attached hydrogens (tertiary/aromatic N) is 3. The molecule has 1 aliphatic carbocycles. The fourth-order valence-electron chi connectivity index (χ4n) is 4.81. The summed E-state index contributed by atoms with van der Waals surface area (Å²) in [5, 5.41) is 4.67. The van der Waals surface area contributed by atoms with Crippen molar-refractivity contribution in [2.45, 2.75) is 39.0 Å². The van der Waals surface area contributed by atoms with Crippen LogP contribution in [-0.4, -0.2) is 43.0 Å². The largest absolute Gasteiger partial charge is 0.492 e. The molecule has 0 radical (unpaired) electrons. The lowest BCUT2D eigenvalue weighted by atomic mass is 9.96. The Morgan fingerprint density at radius 3 is 2.46 bits per heavy atom. The molecule has 2 aromatic carbocycles. The molecule has 4 N–H and O–H groups in total. The second kappa shape index (κ2) is 10.2. The van der Waals surface area contributed by atoms with Gasteiger partial charge in [0, 0.05) is 19.5 Å². The highest BCUT2D eigenvalue weighted by molar-refractivity contribution is 7.92. The van der Waals surface area contributed by atoms with E-state index in [1.54, 1.807) is 41.0 Å². The molecule has 41 heavy (non-hydrogen) atoms. The van der Waals surface area contributed by atoms with Crippen LogP contribution in [0.25, 0.3) is 5.70 Å². The number of methoxy groups -OCH3 is 1. The highest BCUT2D eigenvalue weighted by Crippen LogP contribution is 2.50. The van der Waals surface area contributed by atoms with Gasteiger partial charge in [-0.15, -0.1) is 5.53 Å². The maximum atomic E-state index is 13.5. The zero-order valence-electron chi connectivity index (χ0n) is 23.7. The first kappa shape index (κ1) is 28.2. The average molecular weight is 580 g/mol. The van der Waals surface area contributed by atoms with E-state index in [1.807, 2.05) is 25.3 Å². The number of benzene rings is 2. The summed E-state index contributed by atoms with van der Waals surface area (Å²) in [6.45, 7) is 5.49. The normalized spacial score (nSPS) is 15.7. The number of hydrazine groups is 2. The monoisotopic (exact) mass is 579 g/mol. The van der Waals surface area contributed by atoms with Gasteiger partial charge in [0.05, 0.1) is 54.2 Å². The number of nitrogens with one attached hydrogen (secondary N) is 4. The van der Waals surface area contributed by atoms with Crippen LogP contribution >= 0.6 is 0 Å². The number of aromatic nitrogens is 2. The number of sulfonamides is 1. The number of Topliss-reactive ketones (excluding diaryl/α,β-unsaturated/α-hetero) is 1. The van der Waals surface area contributed by atoms with Gasteiger partial charge in [-0.2, -0.15) is 0 Å². The van der Waals surface area contributed by atoms with E-state index in [0.717, 1.165) is 35.9 Å². The first-order valence-electron chi connectivity index (χ1n) is 13.0. The molecule has 0 atom stereocenters. The van der Waals surface area contributed by atoms with Crippen molar-refractivity contribution >= 4 is 44.5 Å². The van der Waals surface area contributed by atoms with Crippen LogP contribution in [0.15, 0.2) is 42.7 Å². The number of hydrogen-bond acceptors (Lipinski definition) is 9. The molecule has 1 fully saturated rings. The molecule has 12 nitrogen and oxygen atoms in total. The van der Waals surface area contributed by atoms with E-state index in [0.29, 0.717) is 28.5 Å². The third-order valence-electron chi connectivity index (χ3n) is 7.41. The smallest absolute Gasteiger partial charge is 0.255 e. The van der Waals surface area contributed by atoms with Gasteiger partial charge >= 0.3 is 0 Å². The van der Waals surface area contributed by atoms with Gasteiger partial charge < -0.3 is 14.6 Å².